The topological polar surface area (TPSA) is 66.7 Å². The van der Waals surface area contributed by atoms with Gasteiger partial charge < -0.3 is 11.1 Å². The Morgan fingerprint density at radius 1 is 1.21 bits per heavy atom. The fourth-order valence-corrected chi connectivity index (χ4v) is 2.07. The van der Waals surface area contributed by atoms with Gasteiger partial charge in [0.2, 0.25) is 0 Å². The summed E-state index contributed by atoms with van der Waals surface area (Å²) in [6.45, 7) is 2.84. The van der Waals surface area contributed by atoms with Gasteiger partial charge in [0, 0.05) is 11.9 Å². The highest BCUT2D eigenvalue weighted by atomic mass is 15.1. The van der Waals surface area contributed by atoms with Gasteiger partial charge >= 0.3 is 0 Å². The Morgan fingerprint density at radius 2 is 2.00 bits per heavy atom. The van der Waals surface area contributed by atoms with Crippen LogP contribution in [0, 0.1) is 6.92 Å². The van der Waals surface area contributed by atoms with Gasteiger partial charge in [-0.3, -0.25) is 5.10 Å². The van der Waals surface area contributed by atoms with Crippen molar-refractivity contribution in [1.29, 1.82) is 0 Å². The molecule has 0 spiro atoms. The average molecular weight is 252 g/mol. The normalized spacial score (nSPS) is 10.8. The molecule has 0 fully saturated rings. The summed E-state index contributed by atoms with van der Waals surface area (Å²) < 4.78 is 0. The van der Waals surface area contributed by atoms with E-state index in [0.29, 0.717) is 0 Å². The van der Waals surface area contributed by atoms with Gasteiger partial charge in [0.05, 0.1) is 23.1 Å². The summed E-state index contributed by atoms with van der Waals surface area (Å²) in [6.07, 6.45) is 1.77. The molecule has 0 saturated heterocycles. The van der Waals surface area contributed by atoms with Crippen molar-refractivity contribution in [2.24, 2.45) is 0 Å². The van der Waals surface area contributed by atoms with Crippen LogP contribution in [0.3, 0.4) is 0 Å². The number of aryl methyl sites for hydroxylation is 1. The van der Waals surface area contributed by atoms with Crippen molar-refractivity contribution in [2.75, 3.05) is 11.1 Å². The molecule has 0 amide bonds. The predicted octanol–water partition coefficient (Wildman–Crippen LogP) is 3.07. The molecule has 4 N–H and O–H groups in total. The molecule has 0 unspecified atom stereocenters. The van der Waals surface area contributed by atoms with Crippen molar-refractivity contribution in [3.8, 4) is 0 Å². The number of nitrogens with zero attached hydrogens (tertiary/aromatic N) is 1. The van der Waals surface area contributed by atoms with E-state index in [9.17, 15) is 0 Å². The van der Waals surface area contributed by atoms with Gasteiger partial charge in [0.15, 0.2) is 0 Å². The Bertz CT molecular complexity index is 698. The highest BCUT2D eigenvalue weighted by Crippen LogP contribution is 2.25. The highest BCUT2D eigenvalue weighted by Gasteiger charge is 2.03. The lowest BCUT2D eigenvalue weighted by Crippen LogP contribution is -2.02. The number of nitrogens with two attached hydrogens (primary N) is 1. The number of nitrogens with one attached hydrogen (secondary N) is 2. The summed E-state index contributed by atoms with van der Waals surface area (Å²) >= 11 is 0. The Labute approximate surface area is 111 Å². The van der Waals surface area contributed by atoms with E-state index in [1.807, 2.05) is 12.1 Å². The van der Waals surface area contributed by atoms with Crippen LogP contribution in [0.4, 0.5) is 11.4 Å². The number of fused-ring (bicyclic) bond motifs is 1. The first-order chi connectivity index (χ1) is 9.22. The van der Waals surface area contributed by atoms with Crippen LogP contribution < -0.4 is 11.1 Å². The lowest BCUT2D eigenvalue weighted by Gasteiger charge is -2.10. The van der Waals surface area contributed by atoms with Crippen LogP contribution in [-0.4, -0.2) is 10.2 Å². The number of aromatic amines is 1. The first-order valence-corrected chi connectivity index (χ1v) is 6.24. The lowest BCUT2D eigenvalue weighted by atomic mass is 10.1. The summed E-state index contributed by atoms with van der Waals surface area (Å²) in [6, 6.07) is 12.4. The number of hydrogen-bond acceptors (Lipinski definition) is 3. The van der Waals surface area contributed by atoms with Crippen LogP contribution in [0.25, 0.3) is 10.9 Å². The molecule has 2 aromatic carbocycles. The van der Waals surface area contributed by atoms with E-state index < -0.39 is 0 Å². The van der Waals surface area contributed by atoms with Crippen LogP contribution in [0.1, 0.15) is 11.1 Å². The summed E-state index contributed by atoms with van der Waals surface area (Å²) in [5, 5.41) is 11.3. The second kappa shape index (κ2) is 4.65. The quantitative estimate of drug-likeness (QED) is 0.627. The highest BCUT2D eigenvalue weighted by molar-refractivity contribution is 5.88. The standard InChI is InChI=1S/C15H16N4/c1-10-2-4-11(5-3-10)8-17-15-7-14-12(6-13(15)16)9-18-19-14/h2-7,9,17H,8,16H2,1H3,(H,18,19). The number of hydrogen-bond donors (Lipinski definition) is 3. The van der Waals surface area contributed by atoms with Crippen molar-refractivity contribution in [3.05, 3.63) is 53.7 Å². The van der Waals surface area contributed by atoms with E-state index in [1.54, 1.807) is 6.20 Å². The number of rotatable bonds is 3. The Morgan fingerprint density at radius 3 is 2.79 bits per heavy atom. The largest absolute Gasteiger partial charge is 0.397 e. The zero-order chi connectivity index (χ0) is 13.2. The maximum Gasteiger partial charge on any atom is 0.0672 e. The minimum absolute atomic E-state index is 0.737. The minimum Gasteiger partial charge on any atom is -0.397 e. The van der Waals surface area contributed by atoms with Crippen LogP contribution in [0.2, 0.25) is 0 Å². The number of H-pyrrole nitrogens is 1. The third-order valence-electron chi connectivity index (χ3n) is 3.21. The smallest absolute Gasteiger partial charge is 0.0672 e. The zero-order valence-corrected chi connectivity index (χ0v) is 10.8. The summed E-state index contributed by atoms with van der Waals surface area (Å²) in [7, 11) is 0. The Balaban J connectivity index is 1.80. The Hall–Kier alpha value is -2.49. The molecule has 0 atom stereocenters. The number of anilines is 2. The maximum atomic E-state index is 6.03. The van der Waals surface area contributed by atoms with Gasteiger partial charge in [-0.05, 0) is 24.6 Å². The van der Waals surface area contributed by atoms with Crippen molar-refractivity contribution >= 4 is 22.3 Å². The third kappa shape index (κ3) is 2.38. The van der Waals surface area contributed by atoms with E-state index in [1.165, 1.54) is 11.1 Å². The second-order valence-corrected chi connectivity index (χ2v) is 4.74. The van der Waals surface area contributed by atoms with Crippen molar-refractivity contribution < 1.29 is 0 Å². The molecule has 4 nitrogen and oxygen atoms in total. The molecule has 0 aliphatic heterocycles. The maximum absolute atomic E-state index is 6.03. The molecule has 3 rings (SSSR count). The van der Waals surface area contributed by atoms with Crippen molar-refractivity contribution in [1.82, 2.24) is 10.2 Å². The Kier molecular flexibility index (Phi) is 2.83. The molecule has 19 heavy (non-hydrogen) atoms. The van der Waals surface area contributed by atoms with Crippen LogP contribution in [0.5, 0.6) is 0 Å². The molecule has 3 aromatic rings. The molecule has 1 heterocycles. The molecule has 0 aliphatic rings. The van der Waals surface area contributed by atoms with Crippen molar-refractivity contribution in [3.63, 3.8) is 0 Å². The molecule has 0 aliphatic carbocycles. The van der Waals surface area contributed by atoms with Crippen LogP contribution >= 0.6 is 0 Å². The molecular formula is C15H16N4. The molecule has 96 valence electrons. The number of benzene rings is 2. The monoisotopic (exact) mass is 252 g/mol. The molecular weight excluding hydrogens is 236 g/mol. The lowest BCUT2D eigenvalue weighted by molar-refractivity contribution is 1.12. The van der Waals surface area contributed by atoms with Gasteiger partial charge in [-0.15, -0.1) is 0 Å². The van der Waals surface area contributed by atoms with Gasteiger partial charge in [-0.25, -0.2) is 0 Å². The summed E-state index contributed by atoms with van der Waals surface area (Å²) in [5.41, 5.74) is 11.2. The molecule has 0 saturated carbocycles. The molecule has 4 heteroatoms. The summed E-state index contributed by atoms with van der Waals surface area (Å²) in [4.78, 5) is 0. The molecule has 1 aromatic heterocycles. The van der Waals surface area contributed by atoms with E-state index in [2.05, 4.69) is 46.7 Å². The van der Waals surface area contributed by atoms with Gasteiger partial charge in [0.1, 0.15) is 0 Å². The fourth-order valence-electron chi connectivity index (χ4n) is 2.07. The van der Waals surface area contributed by atoms with Crippen LogP contribution in [-0.2, 0) is 6.54 Å². The summed E-state index contributed by atoms with van der Waals surface area (Å²) in [5.74, 6) is 0. The van der Waals surface area contributed by atoms with Gasteiger partial charge in [0.25, 0.3) is 0 Å². The minimum atomic E-state index is 0.737. The molecule has 0 radical (unpaired) electrons. The van der Waals surface area contributed by atoms with E-state index in [-0.39, 0.29) is 0 Å². The van der Waals surface area contributed by atoms with Gasteiger partial charge in [-0.2, -0.15) is 5.10 Å². The van der Waals surface area contributed by atoms with Crippen LogP contribution in [0.15, 0.2) is 42.6 Å². The van der Waals surface area contributed by atoms with E-state index >= 15 is 0 Å². The number of nitrogen functional groups attached to an aromatic ring is 1. The number of aromatic nitrogens is 2. The predicted molar refractivity (Wildman–Crippen MR) is 79.0 cm³/mol. The molecule has 0 bridgehead atoms. The first kappa shape index (κ1) is 11.6. The van der Waals surface area contributed by atoms with Gasteiger partial charge in [-0.1, -0.05) is 29.8 Å². The first-order valence-electron chi connectivity index (χ1n) is 6.24. The van der Waals surface area contributed by atoms with Crippen molar-refractivity contribution in [2.45, 2.75) is 13.5 Å². The SMILES string of the molecule is Cc1ccc(CNc2cc3[nH]ncc3cc2N)cc1. The second-order valence-electron chi connectivity index (χ2n) is 4.74. The third-order valence-corrected chi connectivity index (χ3v) is 3.21. The zero-order valence-electron chi connectivity index (χ0n) is 10.8. The van der Waals surface area contributed by atoms with E-state index in [4.69, 9.17) is 5.73 Å². The van der Waals surface area contributed by atoms with E-state index in [0.717, 1.165) is 28.8 Å². The average Bonchev–Trinajstić information content (AvgIpc) is 2.85. The fraction of sp³-hybridized carbons (Fsp3) is 0.133.